The van der Waals surface area contributed by atoms with Crippen LogP contribution in [0.1, 0.15) is 30.7 Å². The van der Waals surface area contributed by atoms with Gasteiger partial charge in [0, 0.05) is 25.2 Å². The number of rotatable bonds is 6. The van der Waals surface area contributed by atoms with Crippen molar-refractivity contribution in [3.8, 4) is 6.07 Å². The van der Waals surface area contributed by atoms with Crippen LogP contribution in [-0.2, 0) is 6.54 Å². The molecule has 6 heteroatoms. The Balaban J connectivity index is 2.17. The number of H-pyrrole nitrogens is 1. The first-order valence-corrected chi connectivity index (χ1v) is 6.71. The lowest BCUT2D eigenvalue weighted by Gasteiger charge is -2.17. The van der Waals surface area contributed by atoms with Gasteiger partial charge in [0.25, 0.3) is 0 Å². The quantitative estimate of drug-likeness (QED) is 0.845. The molecule has 0 aliphatic rings. The van der Waals surface area contributed by atoms with E-state index in [0.717, 1.165) is 24.4 Å². The van der Waals surface area contributed by atoms with Gasteiger partial charge in [0.2, 0.25) is 0 Å². The van der Waals surface area contributed by atoms with Crippen LogP contribution in [0.15, 0.2) is 16.7 Å². The molecular formula is C14H19N5O. The van der Waals surface area contributed by atoms with Gasteiger partial charge in [-0.15, -0.1) is 0 Å². The maximum Gasteiger partial charge on any atom is 0.170 e. The third kappa shape index (κ3) is 2.62. The summed E-state index contributed by atoms with van der Waals surface area (Å²) in [5, 5.41) is 19.7. The van der Waals surface area contributed by atoms with E-state index in [-0.39, 0.29) is 0 Å². The van der Waals surface area contributed by atoms with E-state index in [4.69, 9.17) is 4.42 Å². The number of anilines is 2. The highest BCUT2D eigenvalue weighted by Gasteiger charge is 2.17. The van der Waals surface area contributed by atoms with Gasteiger partial charge in [-0.05, 0) is 26.8 Å². The number of nitriles is 1. The normalized spacial score (nSPS) is 10.3. The summed E-state index contributed by atoms with van der Waals surface area (Å²) >= 11 is 0. The predicted octanol–water partition coefficient (Wildman–Crippen LogP) is 2.64. The molecule has 0 unspecified atom stereocenters. The molecule has 0 saturated heterocycles. The topological polar surface area (TPSA) is 80.9 Å². The van der Waals surface area contributed by atoms with E-state index in [0.29, 0.717) is 23.7 Å². The fourth-order valence-electron chi connectivity index (χ4n) is 2.10. The molecule has 20 heavy (non-hydrogen) atoms. The summed E-state index contributed by atoms with van der Waals surface area (Å²) in [6, 6.07) is 4.13. The van der Waals surface area contributed by atoms with Gasteiger partial charge in [0.1, 0.15) is 23.2 Å². The number of hydrogen-bond donors (Lipinski definition) is 2. The van der Waals surface area contributed by atoms with Crippen molar-refractivity contribution in [2.24, 2.45) is 0 Å². The van der Waals surface area contributed by atoms with Gasteiger partial charge >= 0.3 is 0 Å². The van der Waals surface area contributed by atoms with Crippen LogP contribution in [0, 0.1) is 18.3 Å². The third-order valence-corrected chi connectivity index (χ3v) is 3.34. The summed E-state index contributed by atoms with van der Waals surface area (Å²) in [6.45, 7) is 8.22. The number of aryl methyl sites for hydroxylation is 1. The van der Waals surface area contributed by atoms with Gasteiger partial charge in [0.15, 0.2) is 5.82 Å². The van der Waals surface area contributed by atoms with Crippen molar-refractivity contribution in [2.45, 2.75) is 27.3 Å². The molecule has 0 aromatic carbocycles. The molecule has 0 aliphatic heterocycles. The summed E-state index contributed by atoms with van der Waals surface area (Å²) in [5.74, 6) is 2.22. The maximum absolute atomic E-state index is 9.34. The second kappa shape index (κ2) is 6.15. The Kier molecular flexibility index (Phi) is 4.31. The fraction of sp³-hybridized carbons (Fsp3) is 0.429. The second-order valence-electron chi connectivity index (χ2n) is 4.44. The van der Waals surface area contributed by atoms with E-state index in [1.54, 1.807) is 6.26 Å². The summed E-state index contributed by atoms with van der Waals surface area (Å²) in [6.07, 6.45) is 1.66. The van der Waals surface area contributed by atoms with E-state index < -0.39 is 0 Å². The Labute approximate surface area is 118 Å². The van der Waals surface area contributed by atoms with Crippen LogP contribution in [0.25, 0.3) is 0 Å². The highest BCUT2D eigenvalue weighted by molar-refractivity contribution is 5.66. The van der Waals surface area contributed by atoms with E-state index in [1.807, 2.05) is 31.7 Å². The Morgan fingerprint density at radius 1 is 1.45 bits per heavy atom. The lowest BCUT2D eigenvalue weighted by molar-refractivity contribution is 0.530. The van der Waals surface area contributed by atoms with E-state index in [2.05, 4.69) is 21.6 Å². The average molecular weight is 273 g/mol. The average Bonchev–Trinajstić information content (AvgIpc) is 3.04. The van der Waals surface area contributed by atoms with Crippen molar-refractivity contribution in [2.75, 3.05) is 23.3 Å². The van der Waals surface area contributed by atoms with Gasteiger partial charge in [-0.2, -0.15) is 10.4 Å². The van der Waals surface area contributed by atoms with Crippen LogP contribution in [0.2, 0.25) is 0 Å². The molecule has 0 amide bonds. The molecule has 0 aliphatic carbocycles. The van der Waals surface area contributed by atoms with Crippen LogP contribution in [0.4, 0.5) is 11.6 Å². The summed E-state index contributed by atoms with van der Waals surface area (Å²) in [5.41, 5.74) is 1.61. The minimum Gasteiger partial charge on any atom is -0.469 e. The SMILES string of the molecule is CCN(CC)c1n[nH]c(NCc2ccoc2C)c1C#N. The van der Waals surface area contributed by atoms with Crippen molar-refractivity contribution >= 4 is 11.6 Å². The Morgan fingerprint density at radius 2 is 2.20 bits per heavy atom. The second-order valence-corrected chi connectivity index (χ2v) is 4.44. The lowest BCUT2D eigenvalue weighted by atomic mass is 10.2. The zero-order chi connectivity index (χ0) is 14.5. The molecule has 0 radical (unpaired) electrons. The minimum atomic E-state index is 0.551. The highest BCUT2D eigenvalue weighted by Crippen LogP contribution is 2.24. The van der Waals surface area contributed by atoms with Crippen molar-refractivity contribution in [1.29, 1.82) is 5.26 Å². The van der Waals surface area contributed by atoms with Crippen molar-refractivity contribution in [1.82, 2.24) is 10.2 Å². The molecule has 6 nitrogen and oxygen atoms in total. The van der Waals surface area contributed by atoms with E-state index >= 15 is 0 Å². The number of nitrogens with one attached hydrogen (secondary N) is 2. The van der Waals surface area contributed by atoms with Crippen LogP contribution >= 0.6 is 0 Å². The predicted molar refractivity (Wildman–Crippen MR) is 77.6 cm³/mol. The van der Waals surface area contributed by atoms with Crippen molar-refractivity contribution < 1.29 is 4.42 Å². The molecule has 0 fully saturated rings. The largest absolute Gasteiger partial charge is 0.469 e. The molecule has 2 rings (SSSR count). The molecule has 2 aromatic rings. The molecule has 2 N–H and O–H groups in total. The molecule has 0 bridgehead atoms. The summed E-state index contributed by atoms with van der Waals surface area (Å²) in [4.78, 5) is 2.04. The smallest absolute Gasteiger partial charge is 0.170 e. The Hall–Kier alpha value is -2.42. The van der Waals surface area contributed by atoms with Crippen LogP contribution in [0.3, 0.4) is 0 Å². The van der Waals surface area contributed by atoms with E-state index in [9.17, 15) is 5.26 Å². The number of hydrogen-bond acceptors (Lipinski definition) is 5. The Bertz CT molecular complexity index is 603. The first-order chi connectivity index (χ1) is 9.71. The molecule has 2 heterocycles. The molecular weight excluding hydrogens is 254 g/mol. The monoisotopic (exact) mass is 273 g/mol. The fourth-order valence-corrected chi connectivity index (χ4v) is 2.10. The van der Waals surface area contributed by atoms with Crippen LogP contribution in [-0.4, -0.2) is 23.3 Å². The molecule has 0 atom stereocenters. The number of aromatic nitrogens is 2. The highest BCUT2D eigenvalue weighted by atomic mass is 16.3. The summed E-state index contributed by atoms with van der Waals surface area (Å²) in [7, 11) is 0. The number of furan rings is 1. The van der Waals surface area contributed by atoms with Gasteiger partial charge in [-0.25, -0.2) is 0 Å². The van der Waals surface area contributed by atoms with Gasteiger partial charge in [-0.3, -0.25) is 5.10 Å². The molecule has 0 spiro atoms. The third-order valence-electron chi connectivity index (χ3n) is 3.34. The summed E-state index contributed by atoms with van der Waals surface area (Å²) < 4.78 is 5.25. The Morgan fingerprint density at radius 3 is 2.75 bits per heavy atom. The number of nitrogens with zero attached hydrogens (tertiary/aromatic N) is 3. The zero-order valence-corrected chi connectivity index (χ0v) is 12.0. The van der Waals surface area contributed by atoms with Crippen molar-refractivity contribution in [3.63, 3.8) is 0 Å². The minimum absolute atomic E-state index is 0.551. The van der Waals surface area contributed by atoms with Gasteiger partial charge < -0.3 is 14.6 Å². The van der Waals surface area contributed by atoms with Crippen LogP contribution in [0.5, 0.6) is 0 Å². The lowest BCUT2D eigenvalue weighted by Crippen LogP contribution is -2.23. The van der Waals surface area contributed by atoms with E-state index in [1.165, 1.54) is 0 Å². The van der Waals surface area contributed by atoms with Crippen molar-refractivity contribution in [3.05, 3.63) is 29.2 Å². The maximum atomic E-state index is 9.34. The molecule has 106 valence electrons. The van der Waals surface area contributed by atoms with Gasteiger partial charge in [-0.1, -0.05) is 0 Å². The first kappa shape index (κ1) is 14.0. The first-order valence-electron chi connectivity index (χ1n) is 6.71. The molecule has 0 saturated carbocycles. The molecule has 2 aromatic heterocycles. The zero-order valence-electron chi connectivity index (χ0n) is 12.0. The standard InChI is InChI=1S/C14H19N5O/c1-4-19(5-2)14-12(8-15)13(17-18-14)16-9-11-6-7-20-10(11)3/h6-7H,4-5,9H2,1-3H3,(H2,16,17,18). The van der Waals surface area contributed by atoms with Crippen LogP contribution < -0.4 is 10.2 Å². The number of aromatic amines is 1. The van der Waals surface area contributed by atoms with Gasteiger partial charge in [0.05, 0.1) is 6.26 Å².